The van der Waals surface area contributed by atoms with Gasteiger partial charge in [-0.25, -0.2) is 0 Å². The second-order valence-electron chi connectivity index (χ2n) is 24.5. The van der Waals surface area contributed by atoms with Gasteiger partial charge in [-0.3, -0.25) is 14.2 Å². The second kappa shape index (κ2) is 64.4. The number of unbranched alkanes of at least 4 members (excludes halogenated alkanes) is 34. The highest BCUT2D eigenvalue weighted by atomic mass is 31.2. The Bertz CT molecular complexity index is 1740. The molecule has 0 radical (unpaired) electrons. The lowest BCUT2D eigenvalue weighted by molar-refractivity contribution is -0.870. The Kier molecular flexibility index (Phi) is 62.1. The molecule has 0 rings (SSSR count). The molecular formula is C74H132NO8P. The van der Waals surface area contributed by atoms with Crippen LogP contribution in [0.15, 0.2) is 97.2 Å². The maximum absolute atomic E-state index is 12.8. The van der Waals surface area contributed by atoms with Crippen molar-refractivity contribution in [3.63, 3.8) is 0 Å². The van der Waals surface area contributed by atoms with Gasteiger partial charge in [-0.1, -0.05) is 304 Å². The molecule has 0 spiro atoms. The van der Waals surface area contributed by atoms with Gasteiger partial charge < -0.3 is 27.9 Å². The van der Waals surface area contributed by atoms with Crippen molar-refractivity contribution in [1.29, 1.82) is 0 Å². The Morgan fingerprint density at radius 3 is 1.06 bits per heavy atom. The van der Waals surface area contributed by atoms with E-state index in [2.05, 4.69) is 105 Å². The minimum atomic E-state index is -4.66. The van der Waals surface area contributed by atoms with Gasteiger partial charge in [0.1, 0.15) is 19.8 Å². The van der Waals surface area contributed by atoms with Crippen molar-refractivity contribution in [3.05, 3.63) is 97.2 Å². The van der Waals surface area contributed by atoms with E-state index in [-0.39, 0.29) is 26.1 Å². The first kappa shape index (κ1) is 80.9. The standard InChI is InChI=1S/C74H132NO8P/c1-6-8-10-12-14-16-18-20-22-24-26-28-30-31-32-33-34-35-36-37-38-39-40-41-42-43-45-46-48-50-52-54-56-58-60-62-64-66-73(76)80-70-72(71-82-84(78,79)81-69-68-75(3,4)5)83-74(77)67-65-63-61-59-57-55-53-51-49-47-44-29-27-25-23-21-19-17-15-13-11-9-7-2/h9,11,15,17,21,23-24,26-27,29,47,49,53,55,59,61,72H,6-8,10,12-14,16,18-20,22,25,28,30-46,48,50-52,54,56-58,60,62-71H2,1-5H3/b11-9-,17-15-,23-21-,26-24-,29-27-,49-47-,55-53-,61-59-. The van der Waals surface area contributed by atoms with Gasteiger partial charge >= 0.3 is 11.9 Å². The summed E-state index contributed by atoms with van der Waals surface area (Å²) in [4.78, 5) is 38.0. The molecule has 0 N–H and O–H groups in total. The lowest BCUT2D eigenvalue weighted by atomic mass is 10.0. The number of nitrogens with zero attached hydrogens (tertiary/aromatic N) is 1. The van der Waals surface area contributed by atoms with Gasteiger partial charge in [0, 0.05) is 12.8 Å². The number of hydrogen-bond donors (Lipinski definition) is 0. The molecule has 9 nitrogen and oxygen atoms in total. The number of hydrogen-bond acceptors (Lipinski definition) is 8. The largest absolute Gasteiger partial charge is 0.756 e. The molecule has 0 aliphatic carbocycles. The Labute approximate surface area is 519 Å². The van der Waals surface area contributed by atoms with Gasteiger partial charge in [0.05, 0.1) is 27.7 Å². The molecule has 0 aliphatic heterocycles. The summed E-state index contributed by atoms with van der Waals surface area (Å²) in [5.74, 6) is -0.898. The molecule has 2 unspecified atom stereocenters. The van der Waals surface area contributed by atoms with Gasteiger partial charge in [-0.15, -0.1) is 0 Å². The van der Waals surface area contributed by atoms with E-state index in [1.807, 2.05) is 27.2 Å². The number of esters is 2. The summed E-state index contributed by atoms with van der Waals surface area (Å²) in [6, 6.07) is 0. The lowest BCUT2D eigenvalue weighted by Gasteiger charge is -2.28. The molecule has 0 aromatic rings. The lowest BCUT2D eigenvalue weighted by Crippen LogP contribution is -2.37. The van der Waals surface area contributed by atoms with Crippen LogP contribution in [0.5, 0.6) is 0 Å². The van der Waals surface area contributed by atoms with E-state index in [0.29, 0.717) is 23.9 Å². The highest BCUT2D eigenvalue weighted by molar-refractivity contribution is 7.45. The van der Waals surface area contributed by atoms with Crippen LogP contribution in [0.1, 0.15) is 309 Å². The molecule has 0 amide bonds. The third kappa shape index (κ3) is 68.0. The molecule has 10 heteroatoms. The van der Waals surface area contributed by atoms with Crippen LogP contribution in [0.3, 0.4) is 0 Å². The molecule has 0 saturated carbocycles. The number of likely N-dealkylation sites (N-methyl/N-ethyl adjacent to an activating group) is 1. The van der Waals surface area contributed by atoms with Crippen LogP contribution in [-0.4, -0.2) is 70.0 Å². The van der Waals surface area contributed by atoms with E-state index < -0.39 is 32.5 Å². The Balaban J connectivity index is 4.03. The van der Waals surface area contributed by atoms with Crippen LogP contribution >= 0.6 is 7.82 Å². The maximum atomic E-state index is 12.8. The molecular weight excluding hydrogens is 1060 g/mol. The monoisotopic (exact) mass is 1190 g/mol. The predicted molar refractivity (Wildman–Crippen MR) is 360 cm³/mol. The highest BCUT2D eigenvalue weighted by Gasteiger charge is 2.22. The summed E-state index contributed by atoms with van der Waals surface area (Å²) in [7, 11) is 1.13. The number of phosphoric ester groups is 1. The average Bonchev–Trinajstić information content (AvgIpc) is 3.61. The number of carbonyl (C=O) groups is 2. The van der Waals surface area contributed by atoms with Crippen molar-refractivity contribution in [3.8, 4) is 0 Å². The molecule has 2 atom stereocenters. The van der Waals surface area contributed by atoms with Crippen LogP contribution in [-0.2, 0) is 32.7 Å². The molecule has 0 aromatic heterocycles. The minimum absolute atomic E-state index is 0.0452. The number of phosphoric acid groups is 1. The molecule has 0 fully saturated rings. The van der Waals surface area contributed by atoms with Crippen molar-refractivity contribution < 1.29 is 42.1 Å². The number of quaternary nitrogens is 1. The molecule has 486 valence electrons. The summed E-state index contributed by atoms with van der Waals surface area (Å²) in [6.45, 7) is 4.08. The summed E-state index contributed by atoms with van der Waals surface area (Å²) >= 11 is 0. The van der Waals surface area contributed by atoms with E-state index in [9.17, 15) is 19.0 Å². The van der Waals surface area contributed by atoms with Crippen molar-refractivity contribution in [2.45, 2.75) is 315 Å². The maximum Gasteiger partial charge on any atom is 0.306 e. The van der Waals surface area contributed by atoms with Gasteiger partial charge in [0.25, 0.3) is 7.82 Å². The number of allylic oxidation sites excluding steroid dienone is 16. The topological polar surface area (TPSA) is 111 Å². The normalized spacial score (nSPS) is 13.7. The zero-order valence-corrected chi connectivity index (χ0v) is 56.2. The van der Waals surface area contributed by atoms with Crippen molar-refractivity contribution in [2.75, 3.05) is 47.5 Å². The molecule has 0 bridgehead atoms. The molecule has 0 aliphatic rings. The minimum Gasteiger partial charge on any atom is -0.756 e. The average molecular weight is 1190 g/mol. The summed E-state index contributed by atoms with van der Waals surface area (Å²) in [5, 5.41) is 0. The first-order valence-electron chi connectivity index (χ1n) is 34.9. The highest BCUT2D eigenvalue weighted by Crippen LogP contribution is 2.38. The predicted octanol–water partition coefficient (Wildman–Crippen LogP) is 22.1. The fourth-order valence-corrected chi connectivity index (χ4v) is 10.5. The zero-order chi connectivity index (χ0) is 61.2. The van der Waals surface area contributed by atoms with Gasteiger partial charge in [-0.05, 0) is 89.9 Å². The quantitative estimate of drug-likeness (QED) is 0.0195. The number of carbonyl (C=O) groups excluding carboxylic acids is 2. The molecule has 0 saturated heterocycles. The van der Waals surface area contributed by atoms with E-state index >= 15 is 0 Å². The fraction of sp³-hybridized carbons (Fsp3) is 0.757. The second-order valence-corrected chi connectivity index (χ2v) is 25.9. The SMILES string of the molecule is CC/C=C\C/C=C\C/C=C\C/C=C\C/C=C\C/C=C\C/C=C\CCCC(=O)OC(COC(=O)CCCCCCCCCCCCCCCCCCCCCCCCCCC/C=C\CCCCCCCCCC)COP(=O)([O-])OCC[N+](C)(C)C. The first-order chi connectivity index (χ1) is 41.0. The van der Waals surface area contributed by atoms with Crippen LogP contribution in [0.4, 0.5) is 0 Å². The van der Waals surface area contributed by atoms with Gasteiger partial charge in [-0.2, -0.15) is 0 Å². The fourth-order valence-electron chi connectivity index (χ4n) is 9.76. The summed E-state index contributed by atoms with van der Waals surface area (Å²) in [5.41, 5.74) is 0. The van der Waals surface area contributed by atoms with Crippen LogP contribution < -0.4 is 4.89 Å². The van der Waals surface area contributed by atoms with Crippen molar-refractivity contribution >= 4 is 19.8 Å². The summed E-state index contributed by atoms with van der Waals surface area (Å²) < 4.78 is 34.2. The number of rotatable bonds is 64. The van der Waals surface area contributed by atoms with E-state index in [1.165, 1.54) is 205 Å². The Morgan fingerprint density at radius 1 is 0.381 bits per heavy atom. The van der Waals surface area contributed by atoms with Crippen LogP contribution in [0.2, 0.25) is 0 Å². The van der Waals surface area contributed by atoms with E-state index in [1.54, 1.807) is 0 Å². The zero-order valence-electron chi connectivity index (χ0n) is 55.3. The van der Waals surface area contributed by atoms with Crippen molar-refractivity contribution in [1.82, 2.24) is 0 Å². The Hall–Kier alpha value is -3.07. The Morgan fingerprint density at radius 2 is 0.690 bits per heavy atom. The van der Waals surface area contributed by atoms with Crippen LogP contribution in [0.25, 0.3) is 0 Å². The van der Waals surface area contributed by atoms with Gasteiger partial charge in [0.15, 0.2) is 6.10 Å². The molecule has 84 heavy (non-hydrogen) atoms. The third-order valence-corrected chi connectivity index (χ3v) is 16.1. The molecule has 0 heterocycles. The van der Waals surface area contributed by atoms with Gasteiger partial charge in [0.2, 0.25) is 0 Å². The smallest absolute Gasteiger partial charge is 0.306 e. The first-order valence-corrected chi connectivity index (χ1v) is 36.4. The van der Waals surface area contributed by atoms with E-state index in [4.69, 9.17) is 18.5 Å². The van der Waals surface area contributed by atoms with E-state index in [0.717, 1.165) is 64.2 Å². The molecule has 0 aromatic carbocycles. The third-order valence-electron chi connectivity index (χ3n) is 15.1. The summed E-state index contributed by atoms with van der Waals surface area (Å²) in [6.07, 6.45) is 89.5. The number of ether oxygens (including phenoxy) is 2. The van der Waals surface area contributed by atoms with Crippen LogP contribution in [0, 0.1) is 0 Å². The van der Waals surface area contributed by atoms with Crippen molar-refractivity contribution in [2.24, 2.45) is 0 Å².